The van der Waals surface area contributed by atoms with E-state index in [1.807, 2.05) is 6.07 Å². The maximum atomic E-state index is 4.26. The van der Waals surface area contributed by atoms with Gasteiger partial charge in [-0.15, -0.1) is 0 Å². The first kappa shape index (κ1) is 9.09. The fraction of sp³-hybridized carbons (Fsp3) is 0.0769. The largest absolute Gasteiger partial charge is 0.338 e. The predicted molar refractivity (Wildman–Crippen MR) is 64.1 cm³/mol. The molecule has 0 amide bonds. The fourth-order valence-electron chi connectivity index (χ4n) is 1.82. The number of aryl methyl sites for hydroxylation is 1. The molecule has 0 atom stereocenters. The lowest BCUT2D eigenvalue weighted by Gasteiger charge is -1.98. The Hall–Kier alpha value is -2.16. The summed E-state index contributed by atoms with van der Waals surface area (Å²) in [5.41, 5.74) is 5.21. The van der Waals surface area contributed by atoms with Crippen molar-refractivity contribution in [2.24, 2.45) is 0 Å². The van der Waals surface area contributed by atoms with Crippen molar-refractivity contribution in [1.29, 1.82) is 0 Å². The SMILES string of the molecule is Cc1cccc(-c2cc3nccnc3[nH]2)c1. The molecule has 3 heteroatoms. The molecule has 1 aromatic carbocycles. The van der Waals surface area contributed by atoms with Gasteiger partial charge in [-0.05, 0) is 24.6 Å². The van der Waals surface area contributed by atoms with Crippen molar-refractivity contribution in [2.75, 3.05) is 0 Å². The maximum Gasteiger partial charge on any atom is 0.156 e. The van der Waals surface area contributed by atoms with Gasteiger partial charge < -0.3 is 4.98 Å². The molecule has 0 radical (unpaired) electrons. The highest BCUT2D eigenvalue weighted by atomic mass is 14.9. The van der Waals surface area contributed by atoms with Crippen molar-refractivity contribution < 1.29 is 0 Å². The Morgan fingerprint density at radius 2 is 1.94 bits per heavy atom. The first-order chi connectivity index (χ1) is 7.83. The van der Waals surface area contributed by atoms with E-state index in [1.165, 1.54) is 11.1 Å². The van der Waals surface area contributed by atoms with E-state index in [1.54, 1.807) is 12.4 Å². The van der Waals surface area contributed by atoms with Crippen molar-refractivity contribution in [1.82, 2.24) is 15.0 Å². The number of aromatic amines is 1. The van der Waals surface area contributed by atoms with E-state index in [2.05, 4.69) is 46.1 Å². The summed E-state index contributed by atoms with van der Waals surface area (Å²) < 4.78 is 0. The number of nitrogens with zero attached hydrogens (tertiary/aromatic N) is 2. The van der Waals surface area contributed by atoms with Gasteiger partial charge >= 0.3 is 0 Å². The summed E-state index contributed by atoms with van der Waals surface area (Å²) in [6.07, 6.45) is 3.40. The highest BCUT2D eigenvalue weighted by Gasteiger charge is 2.04. The number of aromatic nitrogens is 3. The number of fused-ring (bicyclic) bond motifs is 1. The number of rotatable bonds is 1. The smallest absolute Gasteiger partial charge is 0.156 e. The van der Waals surface area contributed by atoms with E-state index in [4.69, 9.17) is 0 Å². The summed E-state index contributed by atoms with van der Waals surface area (Å²) in [6.45, 7) is 2.09. The summed E-state index contributed by atoms with van der Waals surface area (Å²) >= 11 is 0. The third-order valence-corrected chi connectivity index (χ3v) is 2.59. The van der Waals surface area contributed by atoms with E-state index < -0.39 is 0 Å². The molecule has 0 fully saturated rings. The zero-order valence-corrected chi connectivity index (χ0v) is 8.94. The molecule has 1 N–H and O–H groups in total. The summed E-state index contributed by atoms with van der Waals surface area (Å²) in [5.74, 6) is 0. The molecule has 2 aromatic heterocycles. The molecule has 0 aliphatic rings. The number of hydrogen-bond acceptors (Lipinski definition) is 2. The van der Waals surface area contributed by atoms with Gasteiger partial charge in [-0.25, -0.2) is 4.98 Å². The molecule has 0 saturated carbocycles. The molecular formula is C13H11N3. The van der Waals surface area contributed by atoms with Gasteiger partial charge in [0.25, 0.3) is 0 Å². The van der Waals surface area contributed by atoms with Crippen LogP contribution >= 0.6 is 0 Å². The van der Waals surface area contributed by atoms with Gasteiger partial charge in [0.15, 0.2) is 5.65 Å². The standard InChI is InChI=1S/C13H11N3/c1-9-3-2-4-10(7-9)11-8-12-13(16-11)15-6-5-14-12/h2-8H,1H3,(H,15,16). The van der Waals surface area contributed by atoms with E-state index in [-0.39, 0.29) is 0 Å². The first-order valence-electron chi connectivity index (χ1n) is 5.20. The molecule has 0 bridgehead atoms. The van der Waals surface area contributed by atoms with Crippen LogP contribution in [0.15, 0.2) is 42.7 Å². The molecule has 3 rings (SSSR count). The summed E-state index contributed by atoms with van der Waals surface area (Å²) in [6, 6.07) is 10.4. The first-order valence-corrected chi connectivity index (χ1v) is 5.20. The average Bonchev–Trinajstić information content (AvgIpc) is 2.72. The van der Waals surface area contributed by atoms with Crippen LogP contribution in [0.5, 0.6) is 0 Å². The van der Waals surface area contributed by atoms with Crippen LogP contribution in [0.2, 0.25) is 0 Å². The number of benzene rings is 1. The van der Waals surface area contributed by atoms with Gasteiger partial charge in [-0.3, -0.25) is 4.98 Å². The monoisotopic (exact) mass is 209 g/mol. The van der Waals surface area contributed by atoms with Crippen molar-refractivity contribution in [3.8, 4) is 11.3 Å². The van der Waals surface area contributed by atoms with Crippen molar-refractivity contribution in [3.05, 3.63) is 48.3 Å². The highest BCUT2D eigenvalue weighted by molar-refractivity contribution is 5.79. The van der Waals surface area contributed by atoms with Crippen LogP contribution in [0.3, 0.4) is 0 Å². The van der Waals surface area contributed by atoms with E-state index in [0.717, 1.165) is 16.9 Å². The number of H-pyrrole nitrogens is 1. The van der Waals surface area contributed by atoms with E-state index in [9.17, 15) is 0 Å². The molecule has 3 nitrogen and oxygen atoms in total. The molecule has 0 aliphatic carbocycles. The molecule has 3 aromatic rings. The van der Waals surface area contributed by atoms with E-state index >= 15 is 0 Å². The van der Waals surface area contributed by atoms with Crippen molar-refractivity contribution in [3.63, 3.8) is 0 Å². The average molecular weight is 209 g/mol. The van der Waals surface area contributed by atoms with Gasteiger partial charge in [0.05, 0.1) is 0 Å². The molecule has 16 heavy (non-hydrogen) atoms. The topological polar surface area (TPSA) is 41.6 Å². The quantitative estimate of drug-likeness (QED) is 0.669. The Balaban J connectivity index is 2.19. The zero-order chi connectivity index (χ0) is 11.0. The van der Waals surface area contributed by atoms with Gasteiger partial charge in [-0.2, -0.15) is 0 Å². The Morgan fingerprint density at radius 3 is 2.75 bits per heavy atom. The molecular weight excluding hydrogens is 198 g/mol. The molecule has 2 heterocycles. The van der Waals surface area contributed by atoms with Gasteiger partial charge in [0.2, 0.25) is 0 Å². The Morgan fingerprint density at radius 1 is 1.06 bits per heavy atom. The van der Waals surface area contributed by atoms with Crippen LogP contribution in [0.25, 0.3) is 22.4 Å². The molecule has 0 aliphatic heterocycles. The van der Waals surface area contributed by atoms with Crippen LogP contribution in [0.4, 0.5) is 0 Å². The fourth-order valence-corrected chi connectivity index (χ4v) is 1.82. The lowest BCUT2D eigenvalue weighted by molar-refractivity contribution is 1.26. The van der Waals surface area contributed by atoms with Crippen molar-refractivity contribution >= 4 is 11.2 Å². The second-order valence-corrected chi connectivity index (χ2v) is 3.84. The molecule has 0 saturated heterocycles. The summed E-state index contributed by atoms with van der Waals surface area (Å²) in [4.78, 5) is 11.8. The lowest BCUT2D eigenvalue weighted by Crippen LogP contribution is -1.79. The minimum absolute atomic E-state index is 0.832. The normalized spacial score (nSPS) is 10.8. The van der Waals surface area contributed by atoms with Crippen LogP contribution < -0.4 is 0 Å². The van der Waals surface area contributed by atoms with Gasteiger partial charge in [0, 0.05) is 18.1 Å². The third-order valence-electron chi connectivity index (χ3n) is 2.59. The van der Waals surface area contributed by atoms with Crippen LogP contribution in [-0.4, -0.2) is 15.0 Å². The zero-order valence-electron chi connectivity index (χ0n) is 8.94. The second-order valence-electron chi connectivity index (χ2n) is 3.84. The Bertz CT molecular complexity index is 607. The lowest BCUT2D eigenvalue weighted by atomic mass is 10.1. The molecule has 78 valence electrons. The molecule has 0 spiro atoms. The van der Waals surface area contributed by atoms with E-state index in [0.29, 0.717) is 0 Å². The van der Waals surface area contributed by atoms with Crippen LogP contribution in [0.1, 0.15) is 5.56 Å². The third kappa shape index (κ3) is 1.46. The minimum Gasteiger partial charge on any atom is -0.338 e. The predicted octanol–water partition coefficient (Wildman–Crippen LogP) is 2.93. The highest BCUT2D eigenvalue weighted by Crippen LogP contribution is 2.22. The van der Waals surface area contributed by atoms with Crippen LogP contribution in [0, 0.1) is 6.92 Å². The van der Waals surface area contributed by atoms with Crippen LogP contribution in [-0.2, 0) is 0 Å². The second kappa shape index (κ2) is 3.45. The Kier molecular flexibility index (Phi) is 1.96. The molecule has 0 unspecified atom stereocenters. The van der Waals surface area contributed by atoms with Gasteiger partial charge in [0.1, 0.15) is 5.52 Å². The summed E-state index contributed by atoms with van der Waals surface area (Å²) in [7, 11) is 0. The maximum absolute atomic E-state index is 4.26. The number of nitrogens with one attached hydrogen (secondary N) is 1. The summed E-state index contributed by atoms with van der Waals surface area (Å²) in [5, 5.41) is 0. The van der Waals surface area contributed by atoms with Gasteiger partial charge in [-0.1, -0.05) is 23.8 Å². The minimum atomic E-state index is 0.832. The number of hydrogen-bond donors (Lipinski definition) is 1. The Labute approximate surface area is 93.2 Å². The van der Waals surface area contributed by atoms with Crippen molar-refractivity contribution in [2.45, 2.75) is 6.92 Å².